The van der Waals surface area contributed by atoms with Crippen LogP contribution in [0.1, 0.15) is 154 Å². The molecule has 0 radical (unpaired) electrons. The number of aliphatic hydroxyl groups is 3. The van der Waals surface area contributed by atoms with E-state index in [4.69, 9.17) is 81.4 Å². The van der Waals surface area contributed by atoms with E-state index in [0.717, 1.165) is 24.3 Å². The normalized spacial score (nSPS) is 18.5. The number of benzene rings is 6. The van der Waals surface area contributed by atoms with Crippen LogP contribution in [0.5, 0.6) is 57.5 Å². The van der Waals surface area contributed by atoms with Crippen LogP contribution >= 0.6 is 23.2 Å². The summed E-state index contributed by atoms with van der Waals surface area (Å²) < 4.78 is 210. The highest BCUT2D eigenvalue weighted by atomic mass is 35.5. The Bertz CT molecular complexity index is 4680. The fraction of sp³-hybridized carbons (Fsp3) is 0.419. The summed E-state index contributed by atoms with van der Waals surface area (Å²) in [6.45, 7) is -1.11. The van der Waals surface area contributed by atoms with Gasteiger partial charge >= 0.3 is 30.3 Å². The largest absolute Gasteiger partial charge is 0.494 e. The van der Waals surface area contributed by atoms with Crippen LogP contribution in [-0.4, -0.2) is 179 Å². The van der Waals surface area contributed by atoms with Crippen molar-refractivity contribution < 1.29 is 145 Å². The van der Waals surface area contributed by atoms with Gasteiger partial charge in [-0.15, -0.1) is 0 Å². The zero-order valence-electron chi connectivity index (χ0n) is 63.8. The number of ether oxygens (including phenoxy) is 12. The molecule has 12 rings (SSSR count). The van der Waals surface area contributed by atoms with Crippen LogP contribution in [0.2, 0.25) is 10.0 Å². The van der Waals surface area contributed by atoms with E-state index in [1.54, 1.807) is 36.4 Å². The first kappa shape index (κ1) is 106. The maximum Gasteiger partial charge on any atom is 0.424 e. The van der Waals surface area contributed by atoms with Crippen molar-refractivity contribution in [2.75, 3.05) is 63.4 Å². The van der Waals surface area contributed by atoms with Crippen LogP contribution in [0.15, 0.2) is 133 Å². The molecule has 4 fully saturated rings. The van der Waals surface area contributed by atoms with Gasteiger partial charge in [0.05, 0.1) is 101 Å². The number of methoxy groups -OCH3 is 8. The van der Waals surface area contributed by atoms with E-state index in [9.17, 15) is 82.8 Å². The van der Waals surface area contributed by atoms with Crippen molar-refractivity contribution >= 4 is 46.9 Å². The Morgan fingerprint density at radius 3 is 1.00 bits per heavy atom. The Morgan fingerprint density at radius 1 is 0.418 bits per heavy atom. The number of hydrogen-bond acceptors (Lipinski definition) is 22. The Hall–Kier alpha value is -10.7. The fourth-order valence-corrected chi connectivity index (χ4v) is 12.0. The monoisotopic (exact) mass is 1780 g/mol. The van der Waals surface area contributed by atoms with E-state index in [0.29, 0.717) is 84.1 Å². The van der Waals surface area contributed by atoms with Crippen LogP contribution in [0.4, 0.5) is 48.3 Å². The lowest BCUT2D eigenvalue weighted by atomic mass is 9.89. The van der Waals surface area contributed by atoms with Crippen LogP contribution in [0.25, 0.3) is 22.5 Å². The number of alkyl halides is 9. The molecule has 6 N–H and O–H groups in total. The smallest absolute Gasteiger partial charge is 0.424 e. The molecule has 8 aromatic rings. The van der Waals surface area contributed by atoms with Crippen molar-refractivity contribution in [3.63, 3.8) is 0 Å². The number of ketones is 1. The number of pyridine rings is 2. The summed E-state index contributed by atoms with van der Waals surface area (Å²) in [5, 5.41) is 38.3. The SMILES string of the molecule is C.C.C.C.C.COC(=O)c1ccc(OC2CC(F)C2)c(OC)c1.COC(=O)c1ccc(OC2CC(O)C2)c(OC)c1.COc1cc(C(=O)CCC(O)(c2ccc(OC)c(-c3ccc(F)c(Cl)c3)n2)C(F)(F)F)ccc1OC1CC(F)C1.COc1cc(C(=O)O)ccc1OC1CC(F)C1.COc1ccc(C(O)(CN)C(F)(F)F)nc1-c1ccc(F)c(Cl)c1. The number of carboxylic acids is 1. The van der Waals surface area contributed by atoms with Gasteiger partial charge in [-0.25, -0.2) is 46.3 Å². The van der Waals surface area contributed by atoms with Crippen molar-refractivity contribution in [2.45, 2.75) is 174 Å². The summed E-state index contributed by atoms with van der Waals surface area (Å²) >= 11 is 11.5. The van der Waals surface area contributed by atoms with Crippen molar-refractivity contribution in [1.82, 2.24) is 9.97 Å². The summed E-state index contributed by atoms with van der Waals surface area (Å²) in [6.07, 6.45) is -12.0. The minimum Gasteiger partial charge on any atom is -0.494 e. The van der Waals surface area contributed by atoms with Gasteiger partial charge in [0.1, 0.15) is 77.5 Å². The lowest BCUT2D eigenvalue weighted by Gasteiger charge is -2.32. The van der Waals surface area contributed by atoms with Crippen molar-refractivity contribution in [3.05, 3.63) is 189 Å². The van der Waals surface area contributed by atoms with Gasteiger partial charge in [0, 0.05) is 81.0 Å². The first-order chi connectivity index (χ1) is 55.4. The highest BCUT2D eigenvalue weighted by Crippen LogP contribution is 2.46. The van der Waals surface area contributed by atoms with Gasteiger partial charge in [0.15, 0.2) is 51.8 Å². The van der Waals surface area contributed by atoms with Gasteiger partial charge in [0.25, 0.3) is 0 Å². The first-order valence-corrected chi connectivity index (χ1v) is 36.3. The molecule has 0 amide bonds. The number of nitrogens with zero attached hydrogens (tertiary/aromatic N) is 2. The Morgan fingerprint density at radius 2 is 0.713 bits per heavy atom. The molecule has 2 heterocycles. The summed E-state index contributed by atoms with van der Waals surface area (Å²) in [7, 11) is 11.0. The molecule has 36 heteroatoms. The van der Waals surface area contributed by atoms with Gasteiger partial charge in [0.2, 0.25) is 11.2 Å². The van der Waals surface area contributed by atoms with Crippen molar-refractivity contribution in [3.8, 4) is 80.0 Å². The van der Waals surface area contributed by atoms with E-state index in [2.05, 4.69) is 19.4 Å². The van der Waals surface area contributed by atoms with Crippen LogP contribution < -0.4 is 53.1 Å². The molecule has 4 aliphatic rings. The van der Waals surface area contributed by atoms with Crippen LogP contribution in [0.3, 0.4) is 0 Å². The maximum absolute atomic E-state index is 14.3. The third kappa shape index (κ3) is 26.4. The molecular formula is C86H102Cl2F11N3O20. The average molecular weight is 1780 g/mol. The quantitative estimate of drug-likeness (QED) is 0.0191. The number of aliphatic hydroxyl groups excluding tert-OH is 1. The molecule has 2 atom stereocenters. The third-order valence-corrected chi connectivity index (χ3v) is 19.3. The molecule has 4 saturated carbocycles. The number of Topliss-reactive ketones (excluding diaryl/α,β-unsaturated/α-hetero) is 1. The molecule has 0 aliphatic heterocycles. The third-order valence-electron chi connectivity index (χ3n) is 18.8. The molecule has 4 aliphatic carbocycles. The number of carboxylic acid groups (broad SMARTS) is 1. The van der Waals surface area contributed by atoms with Gasteiger partial charge in [-0.05, 0) is 140 Å². The zero-order valence-corrected chi connectivity index (χ0v) is 65.3. The number of hydrogen-bond donors (Lipinski definition) is 5. The zero-order chi connectivity index (χ0) is 86.0. The molecule has 672 valence electrons. The highest BCUT2D eigenvalue weighted by Gasteiger charge is 2.57. The topological polar surface area (TPSA) is 312 Å². The lowest BCUT2D eigenvalue weighted by molar-refractivity contribution is -0.270. The summed E-state index contributed by atoms with van der Waals surface area (Å²) in [5.74, 6) is -0.550. The molecule has 0 bridgehead atoms. The van der Waals surface area contributed by atoms with Gasteiger partial charge in [-0.2, -0.15) is 26.3 Å². The number of aromatic nitrogens is 2. The van der Waals surface area contributed by atoms with E-state index in [1.807, 2.05) is 0 Å². The second kappa shape index (κ2) is 46.6. The van der Waals surface area contributed by atoms with E-state index >= 15 is 0 Å². The number of carbonyl (C=O) groups excluding carboxylic acids is 3. The van der Waals surface area contributed by atoms with Gasteiger partial charge < -0.3 is 83.0 Å². The fourth-order valence-electron chi connectivity index (χ4n) is 11.6. The summed E-state index contributed by atoms with van der Waals surface area (Å²) in [5.41, 5.74) is -1.99. The standard InChI is InChI=1S/C28H25ClF5NO5.C15H13ClF4N2O2.C13H15FO4.C13H16O5.C12H13FO4.5CH4/c1-38-23-7-8-25(35-26(23)16-3-5-20(31)19(29)11-16)27(37,28(32,33)34)10-9-21(36)15-4-6-22(24(12-15)39-2)40-18-13-17(30)14-18;1-24-11-4-5-12(14(23,7-21)15(18,19)20)22-13(11)8-2-3-10(17)9(16)6-8;2*1-16-12-5-8(13(15)17-2)3-4-11(12)18-10-6-9(14)7-10;1-16-11-4-7(12(14)15)2-3-10(11)17-9-5-8(13)6-9;;;;;/h3-8,11-12,17-18,37H,9-10,13-14H2,1-2H3;2-6,23H,7,21H2,1H3;3-5,9-10H,6-7H2,1-2H3;3-5,9-10,14H,6-7H2,1-2H3;2-4,8-9H,5-6H2,1H3,(H,14,15);5*1H4. The number of halogens is 13. The summed E-state index contributed by atoms with van der Waals surface area (Å²) in [6, 6.07) is 29.4. The summed E-state index contributed by atoms with van der Waals surface area (Å²) in [4.78, 5) is 54.2. The van der Waals surface area contributed by atoms with Crippen molar-refractivity contribution in [2.24, 2.45) is 5.73 Å². The predicted octanol–water partition coefficient (Wildman–Crippen LogP) is 19.3. The average Bonchev–Trinajstić information content (AvgIpc) is 0.740. The first-order valence-electron chi connectivity index (χ1n) is 35.6. The molecule has 0 spiro atoms. The second-order valence-corrected chi connectivity index (χ2v) is 27.5. The van der Waals surface area contributed by atoms with E-state index in [1.165, 1.54) is 130 Å². The predicted molar refractivity (Wildman–Crippen MR) is 435 cm³/mol. The van der Waals surface area contributed by atoms with Crippen molar-refractivity contribution in [1.29, 1.82) is 0 Å². The molecular weight excluding hydrogens is 1670 g/mol. The van der Waals surface area contributed by atoms with Crippen LogP contribution in [0, 0.1) is 11.6 Å². The molecule has 6 aromatic carbocycles. The maximum atomic E-state index is 14.3. The Balaban J connectivity index is 0.000000408. The lowest BCUT2D eigenvalue weighted by Crippen LogP contribution is -2.48. The van der Waals surface area contributed by atoms with Gasteiger partial charge in [-0.3, -0.25) is 4.79 Å². The molecule has 0 saturated heterocycles. The number of aromatic carboxylic acids is 1. The number of esters is 2. The molecule has 122 heavy (non-hydrogen) atoms. The number of nitrogens with two attached hydrogens (primary N) is 1. The van der Waals surface area contributed by atoms with E-state index < -0.39 is 108 Å². The second-order valence-electron chi connectivity index (χ2n) is 26.6. The van der Waals surface area contributed by atoms with E-state index in [-0.39, 0.29) is 147 Å². The number of carbonyl (C=O) groups is 4. The Kier molecular flexibility index (Phi) is 40.3. The Labute approximate surface area is 710 Å². The minimum atomic E-state index is -5.21. The molecule has 2 unspecified atom stereocenters. The molecule has 2 aromatic heterocycles. The van der Waals surface area contributed by atoms with Crippen LogP contribution in [-0.2, 0) is 20.7 Å². The highest BCUT2D eigenvalue weighted by molar-refractivity contribution is 6.31. The van der Waals surface area contributed by atoms with Gasteiger partial charge in [-0.1, -0.05) is 60.3 Å². The number of rotatable bonds is 26. The minimum absolute atomic E-state index is 0. The molecule has 23 nitrogen and oxygen atoms in total.